The first-order valence-electron chi connectivity index (χ1n) is 5.35. The molecule has 4 nitrogen and oxygen atoms in total. The van der Waals surface area contributed by atoms with Gasteiger partial charge in [-0.15, -0.1) is 0 Å². The highest BCUT2D eigenvalue weighted by molar-refractivity contribution is 14.1. The summed E-state index contributed by atoms with van der Waals surface area (Å²) in [5, 5.41) is 0. The average Bonchev–Trinajstić information content (AvgIpc) is 2.45. The molecule has 6 heteroatoms. The quantitative estimate of drug-likeness (QED) is 0.772. The summed E-state index contributed by atoms with van der Waals surface area (Å²) in [4.78, 5) is 12.1. The molecular weight excluding hydrogens is 353 g/mol. The second-order valence-electron chi connectivity index (χ2n) is 3.88. The maximum Gasteiger partial charge on any atom is 0.269 e. The molecule has 92 valence electrons. The van der Waals surface area contributed by atoms with Crippen LogP contribution >= 0.6 is 22.6 Å². The van der Waals surface area contributed by atoms with Crippen LogP contribution in [-0.2, 0) is 10.0 Å². The number of carbonyl (C=O) groups excluding carboxylic acids is 1. The summed E-state index contributed by atoms with van der Waals surface area (Å²) in [6.07, 6.45) is 1.54. The summed E-state index contributed by atoms with van der Waals surface area (Å²) in [5.41, 5.74) is 0.293. The number of fused-ring (bicyclic) bond motifs is 1. The van der Waals surface area contributed by atoms with Crippen molar-refractivity contribution in [3.05, 3.63) is 27.3 Å². The van der Waals surface area contributed by atoms with E-state index in [0.717, 1.165) is 14.3 Å². The van der Waals surface area contributed by atoms with Gasteiger partial charge in [-0.1, -0.05) is 13.3 Å². The maximum atomic E-state index is 12.2. The Hall–Kier alpha value is -0.630. The van der Waals surface area contributed by atoms with Crippen molar-refractivity contribution in [1.29, 1.82) is 0 Å². The van der Waals surface area contributed by atoms with E-state index in [1.165, 1.54) is 0 Å². The van der Waals surface area contributed by atoms with Crippen LogP contribution in [0.5, 0.6) is 0 Å². The summed E-state index contributed by atoms with van der Waals surface area (Å²) in [6, 6.07) is 4.88. The van der Waals surface area contributed by atoms with E-state index in [4.69, 9.17) is 0 Å². The Morgan fingerprint density at radius 1 is 1.35 bits per heavy atom. The molecule has 1 aliphatic rings. The maximum absolute atomic E-state index is 12.2. The Morgan fingerprint density at radius 3 is 2.71 bits per heavy atom. The Bertz CT molecular complexity index is 568. The van der Waals surface area contributed by atoms with Crippen molar-refractivity contribution in [3.63, 3.8) is 0 Å². The van der Waals surface area contributed by atoms with Gasteiger partial charge in [0.1, 0.15) is 4.90 Å². The first-order valence-corrected chi connectivity index (χ1v) is 7.87. The zero-order chi connectivity index (χ0) is 12.6. The van der Waals surface area contributed by atoms with Gasteiger partial charge in [-0.05, 0) is 47.2 Å². The van der Waals surface area contributed by atoms with Crippen molar-refractivity contribution in [3.8, 4) is 0 Å². The van der Waals surface area contributed by atoms with E-state index in [1.807, 2.05) is 29.5 Å². The van der Waals surface area contributed by atoms with Gasteiger partial charge < -0.3 is 0 Å². The topological polar surface area (TPSA) is 54.5 Å². The zero-order valence-corrected chi connectivity index (χ0v) is 12.3. The molecule has 2 rings (SSSR count). The van der Waals surface area contributed by atoms with Crippen LogP contribution in [0.3, 0.4) is 0 Å². The van der Waals surface area contributed by atoms with Crippen LogP contribution in [0.15, 0.2) is 23.1 Å². The van der Waals surface area contributed by atoms with Crippen LogP contribution in [0.4, 0.5) is 0 Å². The minimum absolute atomic E-state index is 0.144. The number of benzene rings is 1. The second-order valence-corrected chi connectivity index (χ2v) is 6.95. The van der Waals surface area contributed by atoms with Gasteiger partial charge in [0, 0.05) is 10.1 Å². The molecule has 0 aromatic heterocycles. The monoisotopic (exact) mass is 365 g/mol. The first-order chi connectivity index (χ1) is 7.98. The number of nitrogens with zero attached hydrogens (tertiary/aromatic N) is 1. The van der Waals surface area contributed by atoms with Crippen molar-refractivity contribution in [2.75, 3.05) is 6.54 Å². The number of unbranched alkanes of at least 4 members (excludes halogenated alkanes) is 1. The lowest BCUT2D eigenvalue weighted by Crippen LogP contribution is -2.30. The molecule has 1 aliphatic heterocycles. The molecule has 1 aromatic rings. The number of hydrogen-bond donors (Lipinski definition) is 0. The third-order valence-electron chi connectivity index (χ3n) is 2.68. The summed E-state index contributed by atoms with van der Waals surface area (Å²) < 4.78 is 26.1. The Balaban J connectivity index is 2.49. The summed E-state index contributed by atoms with van der Waals surface area (Å²) in [6.45, 7) is 2.23. The molecule has 0 aliphatic carbocycles. The minimum Gasteiger partial charge on any atom is -0.268 e. The van der Waals surface area contributed by atoms with Crippen molar-refractivity contribution < 1.29 is 13.2 Å². The van der Waals surface area contributed by atoms with Crippen LogP contribution in [0.25, 0.3) is 0 Å². The zero-order valence-electron chi connectivity index (χ0n) is 9.31. The highest BCUT2D eigenvalue weighted by atomic mass is 127. The lowest BCUT2D eigenvalue weighted by atomic mass is 10.2. The first kappa shape index (κ1) is 12.8. The number of carbonyl (C=O) groups is 1. The summed E-state index contributed by atoms with van der Waals surface area (Å²) in [7, 11) is -3.61. The highest BCUT2D eigenvalue weighted by Gasteiger charge is 2.40. The molecule has 0 saturated heterocycles. The van der Waals surface area contributed by atoms with E-state index in [-0.39, 0.29) is 11.4 Å². The smallest absolute Gasteiger partial charge is 0.268 e. The third kappa shape index (κ3) is 2.08. The molecule has 0 saturated carbocycles. The van der Waals surface area contributed by atoms with Gasteiger partial charge in [-0.2, -0.15) is 0 Å². The number of hydrogen-bond acceptors (Lipinski definition) is 3. The molecule has 0 spiro atoms. The largest absolute Gasteiger partial charge is 0.269 e. The normalized spacial score (nSPS) is 17.3. The Labute approximate surface area is 114 Å². The molecule has 0 unspecified atom stereocenters. The van der Waals surface area contributed by atoms with Gasteiger partial charge in [0.05, 0.1) is 5.56 Å². The van der Waals surface area contributed by atoms with Gasteiger partial charge >= 0.3 is 0 Å². The predicted octanol–water partition coefficient (Wildman–Crippen LogP) is 2.24. The van der Waals surface area contributed by atoms with Crippen molar-refractivity contribution in [1.82, 2.24) is 4.31 Å². The molecule has 0 N–H and O–H groups in total. The highest BCUT2D eigenvalue weighted by Crippen LogP contribution is 2.31. The van der Waals surface area contributed by atoms with Gasteiger partial charge in [-0.25, -0.2) is 12.7 Å². The van der Waals surface area contributed by atoms with Gasteiger partial charge in [0.25, 0.3) is 15.9 Å². The fraction of sp³-hybridized carbons (Fsp3) is 0.364. The molecule has 0 atom stereocenters. The fourth-order valence-corrected chi connectivity index (χ4v) is 4.11. The average molecular weight is 365 g/mol. The standard InChI is InChI=1S/C11H12INO3S/c1-2-3-6-13-11(14)9-5-4-8(12)7-10(9)17(13,15)16/h4-5,7H,2-3,6H2,1H3. The Morgan fingerprint density at radius 2 is 2.06 bits per heavy atom. The lowest BCUT2D eigenvalue weighted by Gasteiger charge is -2.13. The van der Waals surface area contributed by atoms with E-state index in [1.54, 1.807) is 18.2 Å². The fourth-order valence-electron chi connectivity index (χ4n) is 1.77. The molecule has 1 heterocycles. The van der Waals surface area contributed by atoms with Gasteiger partial charge in [-0.3, -0.25) is 4.79 Å². The minimum atomic E-state index is -3.61. The van der Waals surface area contributed by atoms with E-state index in [9.17, 15) is 13.2 Å². The van der Waals surface area contributed by atoms with Crippen LogP contribution in [0, 0.1) is 3.57 Å². The second kappa shape index (κ2) is 4.56. The van der Waals surface area contributed by atoms with Crippen molar-refractivity contribution >= 4 is 38.5 Å². The van der Waals surface area contributed by atoms with Crippen LogP contribution in [0.2, 0.25) is 0 Å². The SMILES string of the molecule is CCCCN1C(=O)c2ccc(I)cc2S1(=O)=O. The molecule has 1 aromatic carbocycles. The number of sulfonamides is 1. The number of amides is 1. The molecule has 17 heavy (non-hydrogen) atoms. The molecular formula is C11H12INO3S. The predicted molar refractivity (Wildman–Crippen MR) is 72.3 cm³/mol. The molecule has 0 radical (unpaired) electrons. The van der Waals surface area contributed by atoms with Crippen molar-refractivity contribution in [2.45, 2.75) is 24.7 Å². The number of halogens is 1. The van der Waals surface area contributed by atoms with Crippen LogP contribution in [0.1, 0.15) is 30.1 Å². The van der Waals surface area contributed by atoms with E-state index < -0.39 is 15.9 Å². The van der Waals surface area contributed by atoms with E-state index >= 15 is 0 Å². The summed E-state index contributed by atoms with van der Waals surface area (Å²) >= 11 is 2.04. The third-order valence-corrected chi connectivity index (χ3v) is 5.18. The molecule has 0 bridgehead atoms. The van der Waals surface area contributed by atoms with E-state index in [2.05, 4.69) is 0 Å². The van der Waals surface area contributed by atoms with Crippen molar-refractivity contribution in [2.24, 2.45) is 0 Å². The Kier molecular flexibility index (Phi) is 3.44. The van der Waals surface area contributed by atoms with Crippen LogP contribution < -0.4 is 0 Å². The lowest BCUT2D eigenvalue weighted by molar-refractivity contribution is 0.0870. The number of rotatable bonds is 3. The van der Waals surface area contributed by atoms with Crippen LogP contribution in [-0.4, -0.2) is 25.2 Å². The summed E-state index contributed by atoms with van der Waals surface area (Å²) in [5.74, 6) is -0.398. The molecule has 1 amide bonds. The molecule has 0 fully saturated rings. The van der Waals surface area contributed by atoms with Gasteiger partial charge in [0.15, 0.2) is 0 Å². The van der Waals surface area contributed by atoms with E-state index in [0.29, 0.717) is 12.0 Å². The van der Waals surface area contributed by atoms with Gasteiger partial charge in [0.2, 0.25) is 0 Å².